The van der Waals surface area contributed by atoms with Crippen molar-refractivity contribution < 1.29 is 4.79 Å². The summed E-state index contributed by atoms with van der Waals surface area (Å²) in [5.74, 6) is -0.125. The molecule has 2 aromatic rings. The van der Waals surface area contributed by atoms with Gasteiger partial charge in [-0.15, -0.1) is 0 Å². The lowest BCUT2D eigenvalue weighted by atomic mass is 10.1. The van der Waals surface area contributed by atoms with Crippen molar-refractivity contribution in [3.05, 3.63) is 35.3 Å². The summed E-state index contributed by atoms with van der Waals surface area (Å²) in [5, 5.41) is 4.80. The number of fused-ring (bicyclic) bond motifs is 1. The van der Waals surface area contributed by atoms with E-state index in [2.05, 4.69) is 9.94 Å². The van der Waals surface area contributed by atoms with Gasteiger partial charge in [0.15, 0.2) is 5.69 Å². The number of benzene rings is 1. The van der Waals surface area contributed by atoms with Gasteiger partial charge in [0.2, 0.25) is 5.91 Å². The molecule has 0 aliphatic heterocycles. The lowest BCUT2D eigenvalue weighted by Crippen LogP contribution is -2.06. The predicted octanol–water partition coefficient (Wildman–Crippen LogP) is 2.56. The van der Waals surface area contributed by atoms with Crippen LogP contribution in [0.3, 0.4) is 0 Å². The highest BCUT2D eigenvalue weighted by molar-refractivity contribution is 5.92. The Balaban J connectivity index is 2.80. The van der Waals surface area contributed by atoms with Crippen LogP contribution in [0.15, 0.2) is 18.3 Å². The van der Waals surface area contributed by atoms with Crippen molar-refractivity contribution in [2.75, 3.05) is 0 Å². The zero-order valence-electron chi connectivity index (χ0n) is 8.48. The summed E-state index contributed by atoms with van der Waals surface area (Å²) in [7, 11) is 0. The first-order valence-electron chi connectivity index (χ1n) is 4.50. The van der Waals surface area contributed by atoms with E-state index in [0.29, 0.717) is 5.69 Å². The van der Waals surface area contributed by atoms with Crippen molar-refractivity contribution in [2.24, 2.45) is 0 Å². The van der Waals surface area contributed by atoms with Gasteiger partial charge in [-0.3, -0.25) is 4.79 Å². The molecule has 0 saturated carbocycles. The molecule has 1 aromatic carbocycles. The second kappa shape index (κ2) is 3.21. The molecule has 0 radical (unpaired) electrons. The van der Waals surface area contributed by atoms with Crippen molar-refractivity contribution in [3.63, 3.8) is 0 Å². The van der Waals surface area contributed by atoms with Crippen LogP contribution in [-0.4, -0.2) is 15.7 Å². The Morgan fingerprint density at radius 2 is 2.27 bits per heavy atom. The Kier molecular flexibility index (Phi) is 2.01. The van der Waals surface area contributed by atoms with Crippen LogP contribution in [-0.2, 0) is 0 Å². The minimum Gasteiger partial charge on any atom is -0.273 e. The molecule has 0 atom stereocenters. The monoisotopic (exact) mass is 199 g/mol. The van der Waals surface area contributed by atoms with Crippen LogP contribution in [0.5, 0.6) is 0 Å². The molecular weight excluding hydrogens is 190 g/mol. The Morgan fingerprint density at radius 1 is 1.53 bits per heavy atom. The first-order valence-corrected chi connectivity index (χ1v) is 4.50. The zero-order chi connectivity index (χ0) is 11.0. The molecule has 0 unspecified atom stereocenters. The summed E-state index contributed by atoms with van der Waals surface area (Å²) in [6, 6.07) is 3.57. The number of hydrogen-bond acceptors (Lipinski definition) is 2. The summed E-state index contributed by atoms with van der Waals surface area (Å²) >= 11 is 0. The van der Waals surface area contributed by atoms with E-state index in [0.717, 1.165) is 16.5 Å². The number of aromatic nitrogens is 2. The average Bonchev–Trinajstić information content (AvgIpc) is 2.59. The van der Waals surface area contributed by atoms with Gasteiger partial charge in [-0.2, -0.15) is 5.10 Å². The molecule has 0 fully saturated rings. The first-order chi connectivity index (χ1) is 7.13. The summed E-state index contributed by atoms with van der Waals surface area (Å²) in [6.45, 7) is 10.3. The molecule has 4 nitrogen and oxygen atoms in total. The van der Waals surface area contributed by atoms with E-state index < -0.39 is 0 Å². The van der Waals surface area contributed by atoms with Gasteiger partial charge in [-0.1, -0.05) is 0 Å². The molecular formula is C11H9N3O. The smallest absolute Gasteiger partial charge is 0.244 e. The maximum atomic E-state index is 11.2. The molecule has 1 heterocycles. The van der Waals surface area contributed by atoms with Crippen molar-refractivity contribution >= 4 is 22.5 Å². The highest BCUT2D eigenvalue weighted by Gasteiger charge is 2.08. The second-order valence-electron chi connectivity index (χ2n) is 3.38. The Labute approximate surface area is 86.9 Å². The van der Waals surface area contributed by atoms with Crippen molar-refractivity contribution in [1.82, 2.24) is 9.78 Å². The van der Waals surface area contributed by atoms with E-state index in [-0.39, 0.29) is 5.91 Å². The number of carbonyl (C=O) groups is 1. The molecule has 1 aromatic heterocycles. The van der Waals surface area contributed by atoms with Gasteiger partial charge in [0.1, 0.15) is 0 Å². The van der Waals surface area contributed by atoms with Crippen LogP contribution in [0.4, 0.5) is 5.69 Å². The molecule has 15 heavy (non-hydrogen) atoms. The second-order valence-corrected chi connectivity index (χ2v) is 3.38. The lowest BCUT2D eigenvalue weighted by Gasteiger charge is -2.00. The average molecular weight is 199 g/mol. The predicted molar refractivity (Wildman–Crippen MR) is 57.0 cm³/mol. The summed E-state index contributed by atoms with van der Waals surface area (Å²) in [5.41, 5.74) is 2.22. The van der Waals surface area contributed by atoms with Gasteiger partial charge in [0.05, 0.1) is 18.3 Å². The molecule has 0 aliphatic carbocycles. The van der Waals surface area contributed by atoms with Gasteiger partial charge in [-0.25, -0.2) is 9.53 Å². The lowest BCUT2D eigenvalue weighted by molar-refractivity contribution is 0.0927. The van der Waals surface area contributed by atoms with Gasteiger partial charge in [0, 0.05) is 12.3 Å². The van der Waals surface area contributed by atoms with Gasteiger partial charge < -0.3 is 0 Å². The third-order valence-electron chi connectivity index (χ3n) is 2.30. The molecule has 74 valence electrons. The number of carbonyl (C=O) groups excluding carboxylic acids is 1. The number of aryl methyl sites for hydroxylation is 1. The Hall–Kier alpha value is -2.15. The maximum absolute atomic E-state index is 11.2. The quantitative estimate of drug-likeness (QED) is 0.611. The van der Waals surface area contributed by atoms with Gasteiger partial charge in [0.25, 0.3) is 0 Å². The van der Waals surface area contributed by atoms with Crippen LogP contribution < -0.4 is 0 Å². The number of hydrogen-bond donors (Lipinski definition) is 0. The molecule has 0 amide bonds. The Morgan fingerprint density at radius 3 is 2.87 bits per heavy atom. The summed E-state index contributed by atoms with van der Waals surface area (Å²) in [6.07, 6.45) is 1.60. The maximum Gasteiger partial charge on any atom is 0.244 e. The van der Waals surface area contributed by atoms with E-state index in [1.165, 1.54) is 11.6 Å². The van der Waals surface area contributed by atoms with Crippen molar-refractivity contribution in [3.8, 4) is 0 Å². The van der Waals surface area contributed by atoms with E-state index in [1.807, 2.05) is 13.0 Å². The van der Waals surface area contributed by atoms with E-state index in [9.17, 15) is 4.79 Å². The highest BCUT2D eigenvalue weighted by atomic mass is 16.2. The highest BCUT2D eigenvalue weighted by Crippen LogP contribution is 2.25. The van der Waals surface area contributed by atoms with E-state index >= 15 is 0 Å². The van der Waals surface area contributed by atoms with Crippen LogP contribution in [0.2, 0.25) is 0 Å². The third kappa shape index (κ3) is 1.38. The molecule has 0 bridgehead atoms. The van der Waals surface area contributed by atoms with E-state index in [1.54, 1.807) is 12.3 Å². The van der Waals surface area contributed by atoms with Crippen LogP contribution >= 0.6 is 0 Å². The largest absolute Gasteiger partial charge is 0.273 e. The van der Waals surface area contributed by atoms with E-state index in [4.69, 9.17) is 6.57 Å². The number of nitrogens with zero attached hydrogens (tertiary/aromatic N) is 3. The summed E-state index contributed by atoms with van der Waals surface area (Å²) in [4.78, 5) is 14.6. The fourth-order valence-corrected chi connectivity index (χ4v) is 1.54. The van der Waals surface area contributed by atoms with Crippen molar-refractivity contribution in [1.29, 1.82) is 0 Å². The molecule has 0 saturated heterocycles. The summed E-state index contributed by atoms with van der Waals surface area (Å²) < 4.78 is 1.34. The minimum atomic E-state index is -0.125. The topological polar surface area (TPSA) is 39.2 Å². The van der Waals surface area contributed by atoms with Crippen LogP contribution in [0, 0.1) is 13.5 Å². The fourth-order valence-electron chi connectivity index (χ4n) is 1.54. The minimum absolute atomic E-state index is 0.125. The third-order valence-corrected chi connectivity index (χ3v) is 2.30. The van der Waals surface area contributed by atoms with Gasteiger partial charge in [-0.05, 0) is 24.6 Å². The molecule has 0 aliphatic rings. The molecule has 0 N–H and O–H groups in total. The van der Waals surface area contributed by atoms with Crippen LogP contribution in [0.1, 0.15) is 17.3 Å². The van der Waals surface area contributed by atoms with Crippen LogP contribution in [0.25, 0.3) is 15.7 Å². The Bertz CT molecular complexity index is 590. The van der Waals surface area contributed by atoms with Crippen molar-refractivity contribution in [2.45, 2.75) is 13.8 Å². The number of rotatable bonds is 0. The standard InChI is InChI=1S/C11H9N3O/c1-7-4-11-9(5-10(7)12-3)6-13-14(11)8(2)15/h4-6H,1-2H3. The molecule has 0 spiro atoms. The van der Waals surface area contributed by atoms with Gasteiger partial charge >= 0.3 is 0 Å². The SMILES string of the molecule is [C-]#[N+]c1cc2cnn(C(C)=O)c2cc1C. The first kappa shape index (κ1) is 9.41. The molecule has 2 rings (SSSR count). The zero-order valence-corrected chi connectivity index (χ0v) is 8.48. The molecule has 4 heteroatoms. The normalized spacial score (nSPS) is 10.2. The fraction of sp³-hybridized carbons (Fsp3) is 0.182.